The summed E-state index contributed by atoms with van der Waals surface area (Å²) in [6.07, 6.45) is 4.84. The summed E-state index contributed by atoms with van der Waals surface area (Å²) in [5.41, 5.74) is 12.0. The van der Waals surface area contributed by atoms with Gasteiger partial charge in [0.05, 0.1) is 11.6 Å². The van der Waals surface area contributed by atoms with Crippen LogP contribution in [0.3, 0.4) is 0 Å². The highest BCUT2D eigenvalue weighted by atomic mass is 32.2. The van der Waals surface area contributed by atoms with Crippen LogP contribution in [0.25, 0.3) is 11.1 Å². The van der Waals surface area contributed by atoms with Crippen molar-refractivity contribution in [2.45, 2.75) is 43.1 Å². The van der Waals surface area contributed by atoms with Gasteiger partial charge in [-0.3, -0.25) is 9.29 Å². The summed E-state index contributed by atoms with van der Waals surface area (Å²) in [6.45, 7) is 2.14. The molecule has 39 heavy (non-hydrogen) atoms. The predicted octanol–water partition coefficient (Wildman–Crippen LogP) is 5.92. The highest BCUT2D eigenvalue weighted by Gasteiger charge is 2.25. The number of benzene rings is 3. The number of hydrogen-bond acceptors (Lipinski definition) is 5. The van der Waals surface area contributed by atoms with Crippen molar-refractivity contribution in [3.05, 3.63) is 88.7 Å². The van der Waals surface area contributed by atoms with Gasteiger partial charge in [-0.2, -0.15) is 0 Å². The zero-order chi connectivity index (χ0) is 27.6. The molecule has 0 spiro atoms. The molecule has 2 N–H and O–H groups in total. The van der Waals surface area contributed by atoms with E-state index in [0.717, 1.165) is 84.8 Å². The maximum absolute atomic E-state index is 15.5. The van der Waals surface area contributed by atoms with Crippen LogP contribution in [-0.2, 0) is 16.3 Å². The van der Waals surface area contributed by atoms with Gasteiger partial charge in [0.15, 0.2) is 9.84 Å². The quantitative estimate of drug-likeness (QED) is 0.351. The Labute approximate surface area is 229 Å². The largest absolute Gasteiger partial charge is 0.489 e. The zero-order valence-corrected chi connectivity index (χ0v) is 22.9. The van der Waals surface area contributed by atoms with Crippen LogP contribution >= 0.6 is 0 Å². The van der Waals surface area contributed by atoms with Gasteiger partial charge in [-0.05, 0) is 96.3 Å². The second kappa shape index (κ2) is 11.5. The fourth-order valence-electron chi connectivity index (χ4n) is 5.65. The third-order valence-electron chi connectivity index (χ3n) is 7.55. The lowest BCUT2D eigenvalue weighted by Crippen LogP contribution is -2.26. The molecule has 8 heteroatoms. The number of nitrogens with two attached hydrogens (primary N) is 1. The van der Waals surface area contributed by atoms with Crippen molar-refractivity contribution in [3.8, 4) is 5.75 Å². The lowest BCUT2D eigenvalue weighted by atomic mass is 9.87. The number of aryl methyl sites for hydroxylation is 1. The summed E-state index contributed by atoms with van der Waals surface area (Å²) in [6, 6.07) is 17.9. The van der Waals surface area contributed by atoms with Crippen LogP contribution in [0, 0.1) is 5.82 Å². The molecule has 0 aromatic heterocycles. The van der Waals surface area contributed by atoms with E-state index in [2.05, 4.69) is 4.90 Å². The van der Waals surface area contributed by atoms with E-state index in [4.69, 9.17) is 10.5 Å². The topological polar surface area (TPSA) is 72.6 Å². The monoisotopic (exact) mass is 552 g/mol. The van der Waals surface area contributed by atoms with Gasteiger partial charge < -0.3 is 10.5 Å². The molecule has 5 nitrogen and oxygen atoms in total. The zero-order valence-electron chi connectivity index (χ0n) is 22.1. The number of fused-ring (bicyclic) bond motifs is 1. The number of anilines is 1. The number of likely N-dealkylation sites (tertiary alicyclic amines) is 1. The molecular weight excluding hydrogens is 518 g/mol. The van der Waals surface area contributed by atoms with E-state index in [1.807, 2.05) is 42.5 Å². The SMILES string of the molecule is CS(=O)(=O)c1ccc(C2=C(c3ccc(O[C@H]4CCN(CCCF)C4)cc3)c3ccc(N)cc3CCC2)c(F)c1. The molecule has 5 rings (SSSR count). The van der Waals surface area contributed by atoms with Crippen LogP contribution in [0.2, 0.25) is 0 Å². The predicted molar refractivity (Wildman–Crippen MR) is 152 cm³/mol. The van der Waals surface area contributed by atoms with E-state index in [9.17, 15) is 12.8 Å². The number of nitrogen functional groups attached to an aromatic ring is 1. The Hall–Kier alpha value is -3.23. The molecule has 0 amide bonds. The molecule has 0 radical (unpaired) electrons. The first-order chi connectivity index (χ1) is 18.7. The highest BCUT2D eigenvalue weighted by Crippen LogP contribution is 2.41. The number of nitrogens with zero attached hydrogens (tertiary/aromatic N) is 1. The molecule has 3 aromatic carbocycles. The van der Waals surface area contributed by atoms with Crippen LogP contribution in [0.15, 0.2) is 65.6 Å². The number of hydrogen-bond donors (Lipinski definition) is 1. The molecule has 1 atom stereocenters. The van der Waals surface area contributed by atoms with Gasteiger partial charge in [0.2, 0.25) is 0 Å². The van der Waals surface area contributed by atoms with Crippen molar-refractivity contribution >= 4 is 26.7 Å². The molecule has 3 aromatic rings. The van der Waals surface area contributed by atoms with Crippen LogP contribution in [0.4, 0.5) is 14.5 Å². The van der Waals surface area contributed by atoms with Gasteiger partial charge in [-0.15, -0.1) is 0 Å². The smallest absolute Gasteiger partial charge is 0.175 e. The summed E-state index contributed by atoms with van der Waals surface area (Å²) in [5.74, 6) is 0.205. The Kier molecular flexibility index (Phi) is 8.05. The molecule has 1 heterocycles. The minimum Gasteiger partial charge on any atom is -0.489 e. The van der Waals surface area contributed by atoms with E-state index in [1.54, 1.807) is 6.07 Å². The van der Waals surface area contributed by atoms with Crippen molar-refractivity contribution in [2.75, 3.05) is 38.3 Å². The van der Waals surface area contributed by atoms with Crippen molar-refractivity contribution in [1.29, 1.82) is 0 Å². The molecule has 206 valence electrons. The number of alkyl halides is 1. The molecule has 0 saturated carbocycles. The number of ether oxygens (including phenoxy) is 1. The maximum Gasteiger partial charge on any atom is 0.175 e. The van der Waals surface area contributed by atoms with Crippen LogP contribution in [0.1, 0.15) is 47.9 Å². The van der Waals surface area contributed by atoms with Gasteiger partial charge in [-0.25, -0.2) is 12.8 Å². The second-order valence-corrected chi connectivity index (χ2v) is 12.4. The Morgan fingerprint density at radius 2 is 1.79 bits per heavy atom. The Bertz CT molecular complexity index is 1490. The first-order valence-corrected chi connectivity index (χ1v) is 15.3. The number of halogens is 2. The molecule has 1 aliphatic heterocycles. The summed E-state index contributed by atoms with van der Waals surface area (Å²) in [7, 11) is -3.53. The van der Waals surface area contributed by atoms with Crippen LogP contribution in [0.5, 0.6) is 5.75 Å². The normalized spacial score (nSPS) is 18.2. The molecule has 0 unspecified atom stereocenters. The Morgan fingerprint density at radius 3 is 2.51 bits per heavy atom. The van der Waals surface area contributed by atoms with Gasteiger partial charge in [0, 0.05) is 37.1 Å². The minimum absolute atomic E-state index is 0.0376. The molecular formula is C31H34F2N2O3S. The van der Waals surface area contributed by atoms with Crippen molar-refractivity contribution in [2.24, 2.45) is 0 Å². The molecule has 2 aliphatic rings. The molecule has 1 saturated heterocycles. The van der Waals surface area contributed by atoms with Gasteiger partial charge in [0.25, 0.3) is 0 Å². The highest BCUT2D eigenvalue weighted by molar-refractivity contribution is 7.90. The fraction of sp³-hybridized carbons (Fsp3) is 0.355. The number of allylic oxidation sites excluding steroid dienone is 1. The van der Waals surface area contributed by atoms with Gasteiger partial charge in [-0.1, -0.05) is 24.3 Å². The van der Waals surface area contributed by atoms with Gasteiger partial charge in [0.1, 0.15) is 17.7 Å². The lowest BCUT2D eigenvalue weighted by molar-refractivity contribution is 0.198. The summed E-state index contributed by atoms with van der Waals surface area (Å²) in [5, 5.41) is 0. The number of rotatable bonds is 8. The Morgan fingerprint density at radius 1 is 1.03 bits per heavy atom. The average molecular weight is 553 g/mol. The molecule has 1 aliphatic carbocycles. The van der Waals surface area contributed by atoms with E-state index in [1.165, 1.54) is 6.07 Å². The molecule has 1 fully saturated rings. The summed E-state index contributed by atoms with van der Waals surface area (Å²) < 4.78 is 58.2. The van der Waals surface area contributed by atoms with Crippen molar-refractivity contribution in [1.82, 2.24) is 4.90 Å². The third-order valence-corrected chi connectivity index (χ3v) is 8.66. The maximum atomic E-state index is 15.5. The Balaban J connectivity index is 1.52. The van der Waals surface area contributed by atoms with Crippen LogP contribution in [-0.4, -0.2) is 52.0 Å². The van der Waals surface area contributed by atoms with Gasteiger partial charge >= 0.3 is 0 Å². The van der Waals surface area contributed by atoms with E-state index in [-0.39, 0.29) is 17.7 Å². The van der Waals surface area contributed by atoms with E-state index >= 15 is 4.39 Å². The standard InChI is InChI=1S/C31H34F2N2O3S/c1-39(36,37)26-11-13-28(30(33)19-26)29-5-2-4-22-18-23(34)8-12-27(22)31(29)21-6-9-24(10-7-21)38-25-14-17-35(20-25)16-3-15-32/h6-13,18-19,25H,2-5,14-17,20,34H2,1H3/t25-/m0/s1. The number of sulfone groups is 1. The van der Waals surface area contributed by atoms with E-state index in [0.29, 0.717) is 24.1 Å². The minimum atomic E-state index is -3.53. The average Bonchev–Trinajstić information content (AvgIpc) is 3.26. The fourth-order valence-corrected chi connectivity index (χ4v) is 6.28. The summed E-state index contributed by atoms with van der Waals surface area (Å²) in [4.78, 5) is 2.19. The van der Waals surface area contributed by atoms with Crippen molar-refractivity contribution < 1.29 is 21.9 Å². The van der Waals surface area contributed by atoms with Crippen LogP contribution < -0.4 is 10.5 Å². The van der Waals surface area contributed by atoms with E-state index < -0.39 is 15.7 Å². The first-order valence-electron chi connectivity index (χ1n) is 13.4. The lowest BCUT2D eigenvalue weighted by Gasteiger charge is -2.19. The summed E-state index contributed by atoms with van der Waals surface area (Å²) >= 11 is 0. The van der Waals surface area contributed by atoms with Crippen molar-refractivity contribution in [3.63, 3.8) is 0 Å². The first kappa shape index (κ1) is 27.3. The molecule has 0 bridgehead atoms. The second-order valence-electron chi connectivity index (χ2n) is 10.4. The third kappa shape index (κ3) is 6.17.